The molecule has 0 spiro atoms. The largest absolute Gasteiger partial charge is 0.461 e. The van der Waals surface area contributed by atoms with Crippen LogP contribution in [0, 0.1) is 0 Å². The fourth-order valence-electron chi connectivity index (χ4n) is 3.31. The molecule has 0 aliphatic heterocycles. The molecule has 0 fully saturated rings. The first-order chi connectivity index (χ1) is 12.6. The summed E-state index contributed by atoms with van der Waals surface area (Å²) in [5, 5.41) is 0.645. The van der Waals surface area contributed by atoms with Gasteiger partial charge in [0.15, 0.2) is 17.2 Å². The zero-order valence-corrected chi connectivity index (χ0v) is 14.7. The topological polar surface area (TPSA) is 70.0 Å². The molecule has 6 nitrogen and oxygen atoms in total. The van der Waals surface area contributed by atoms with Gasteiger partial charge in [-0.2, -0.15) is 0 Å². The van der Waals surface area contributed by atoms with Crippen molar-refractivity contribution in [2.75, 3.05) is 0 Å². The lowest BCUT2D eigenvalue weighted by molar-refractivity contribution is 0.554. The van der Waals surface area contributed by atoms with E-state index in [9.17, 15) is 9.59 Å². The molecule has 6 heteroatoms. The van der Waals surface area contributed by atoms with Crippen LogP contribution in [0.3, 0.4) is 0 Å². The molecule has 0 saturated heterocycles. The van der Waals surface area contributed by atoms with Crippen LogP contribution < -0.4 is 11.0 Å². The maximum Gasteiger partial charge on any atom is 0.267 e. The molecule has 0 radical (unpaired) electrons. The molecule has 0 N–H and O–H groups in total. The van der Waals surface area contributed by atoms with Crippen molar-refractivity contribution in [1.29, 1.82) is 0 Å². The van der Waals surface area contributed by atoms with Crippen LogP contribution in [-0.4, -0.2) is 14.1 Å². The molecule has 1 aromatic carbocycles. The van der Waals surface area contributed by atoms with E-state index in [-0.39, 0.29) is 16.4 Å². The van der Waals surface area contributed by atoms with Crippen LogP contribution >= 0.6 is 0 Å². The molecular formula is C20H19N3O3. The predicted molar refractivity (Wildman–Crippen MR) is 101 cm³/mol. The summed E-state index contributed by atoms with van der Waals surface area (Å²) in [5.74, 6) is 0.965. The van der Waals surface area contributed by atoms with Crippen LogP contribution in [0.25, 0.3) is 33.5 Å². The summed E-state index contributed by atoms with van der Waals surface area (Å²) in [6.07, 6.45) is 3.29. The van der Waals surface area contributed by atoms with Gasteiger partial charge in [0.1, 0.15) is 5.39 Å². The maximum absolute atomic E-state index is 13.2. The van der Waals surface area contributed by atoms with Crippen molar-refractivity contribution < 1.29 is 4.42 Å². The monoisotopic (exact) mass is 349 g/mol. The Morgan fingerprint density at radius 1 is 1.12 bits per heavy atom. The summed E-state index contributed by atoms with van der Waals surface area (Å²) < 4.78 is 8.84. The Morgan fingerprint density at radius 3 is 2.65 bits per heavy atom. The third-order valence-corrected chi connectivity index (χ3v) is 4.68. The summed E-state index contributed by atoms with van der Waals surface area (Å²) >= 11 is 0. The number of aryl methyl sites for hydroxylation is 1. The van der Waals surface area contributed by atoms with Gasteiger partial charge in [0.2, 0.25) is 5.43 Å². The third kappa shape index (κ3) is 2.37. The molecule has 0 atom stereocenters. The third-order valence-electron chi connectivity index (χ3n) is 4.68. The second-order valence-electron chi connectivity index (χ2n) is 6.33. The molecular weight excluding hydrogens is 330 g/mol. The highest BCUT2D eigenvalue weighted by atomic mass is 16.3. The number of benzene rings is 1. The number of rotatable bonds is 4. The second-order valence-corrected chi connectivity index (χ2v) is 6.33. The number of fused-ring (bicyclic) bond motifs is 2. The standard InChI is InChI=1S/C20H19N3O3/c1-3-4-11-23-18(15-10-7-12-26-15)21-19-16(20(23)25)17(24)13-8-5-6-9-14(13)22(19)2/h5-10,12H,3-4,11H2,1-2H3. The van der Waals surface area contributed by atoms with Crippen molar-refractivity contribution in [2.24, 2.45) is 7.05 Å². The molecule has 3 aromatic heterocycles. The first kappa shape index (κ1) is 16.3. The van der Waals surface area contributed by atoms with Gasteiger partial charge in [0, 0.05) is 19.0 Å². The van der Waals surface area contributed by atoms with Crippen molar-refractivity contribution in [1.82, 2.24) is 14.1 Å². The lowest BCUT2D eigenvalue weighted by Crippen LogP contribution is -2.29. The lowest BCUT2D eigenvalue weighted by atomic mass is 10.1. The molecule has 0 saturated carbocycles. The van der Waals surface area contributed by atoms with Crippen LogP contribution in [-0.2, 0) is 13.6 Å². The maximum atomic E-state index is 13.2. The Kier molecular flexibility index (Phi) is 3.95. The Labute approximate surface area is 149 Å². The van der Waals surface area contributed by atoms with Crippen LogP contribution in [0.15, 0.2) is 56.7 Å². The van der Waals surface area contributed by atoms with E-state index < -0.39 is 0 Å². The number of unbranched alkanes of at least 4 members (excludes halogenated alkanes) is 1. The van der Waals surface area contributed by atoms with E-state index in [0.29, 0.717) is 29.2 Å². The van der Waals surface area contributed by atoms with Gasteiger partial charge in [-0.05, 0) is 30.7 Å². The summed E-state index contributed by atoms with van der Waals surface area (Å²) in [6, 6.07) is 10.8. The summed E-state index contributed by atoms with van der Waals surface area (Å²) in [5.41, 5.74) is 0.523. The van der Waals surface area contributed by atoms with E-state index in [2.05, 4.69) is 11.9 Å². The first-order valence-corrected chi connectivity index (χ1v) is 8.69. The number of hydrogen-bond acceptors (Lipinski definition) is 4. The van der Waals surface area contributed by atoms with Gasteiger partial charge in [-0.15, -0.1) is 0 Å². The summed E-state index contributed by atoms with van der Waals surface area (Å²) in [6.45, 7) is 2.54. The molecule has 26 heavy (non-hydrogen) atoms. The minimum Gasteiger partial charge on any atom is -0.461 e. The Bertz CT molecular complexity index is 1220. The molecule has 0 unspecified atom stereocenters. The van der Waals surface area contributed by atoms with Crippen LogP contribution in [0.4, 0.5) is 0 Å². The molecule has 3 heterocycles. The number of hydrogen-bond donors (Lipinski definition) is 0. The number of nitrogens with zero attached hydrogens (tertiary/aromatic N) is 3. The quantitative estimate of drug-likeness (QED) is 0.530. The number of furan rings is 1. The molecule has 132 valence electrons. The summed E-state index contributed by atoms with van der Waals surface area (Å²) in [7, 11) is 1.82. The van der Waals surface area contributed by atoms with E-state index in [0.717, 1.165) is 18.4 Å². The number of para-hydroxylation sites is 1. The molecule has 0 aliphatic carbocycles. The molecule has 0 bridgehead atoms. The van der Waals surface area contributed by atoms with E-state index in [1.165, 1.54) is 0 Å². The lowest BCUT2D eigenvalue weighted by Gasteiger charge is -2.14. The van der Waals surface area contributed by atoms with Gasteiger partial charge in [-0.3, -0.25) is 14.2 Å². The van der Waals surface area contributed by atoms with Crippen molar-refractivity contribution in [3.8, 4) is 11.6 Å². The fraction of sp³-hybridized carbons (Fsp3) is 0.250. The smallest absolute Gasteiger partial charge is 0.267 e. The van der Waals surface area contributed by atoms with Gasteiger partial charge in [0.25, 0.3) is 5.56 Å². The van der Waals surface area contributed by atoms with Crippen molar-refractivity contribution in [3.05, 3.63) is 63.2 Å². The normalized spacial score (nSPS) is 11.5. The predicted octanol–water partition coefficient (Wildman–Crippen LogP) is 3.31. The number of pyridine rings is 1. The fourth-order valence-corrected chi connectivity index (χ4v) is 3.31. The van der Waals surface area contributed by atoms with Gasteiger partial charge in [-0.1, -0.05) is 25.5 Å². The molecule has 4 rings (SSSR count). The van der Waals surface area contributed by atoms with Crippen LogP contribution in [0.1, 0.15) is 19.8 Å². The Hall–Kier alpha value is -3.15. The van der Waals surface area contributed by atoms with E-state index in [1.807, 2.05) is 19.2 Å². The average molecular weight is 349 g/mol. The molecule has 0 amide bonds. The first-order valence-electron chi connectivity index (χ1n) is 8.69. The van der Waals surface area contributed by atoms with Gasteiger partial charge < -0.3 is 8.98 Å². The van der Waals surface area contributed by atoms with Crippen molar-refractivity contribution >= 4 is 21.9 Å². The van der Waals surface area contributed by atoms with Gasteiger partial charge >= 0.3 is 0 Å². The molecule has 4 aromatic rings. The Morgan fingerprint density at radius 2 is 1.92 bits per heavy atom. The Balaban J connectivity index is 2.18. The van der Waals surface area contributed by atoms with Crippen LogP contribution in [0.5, 0.6) is 0 Å². The van der Waals surface area contributed by atoms with E-state index >= 15 is 0 Å². The average Bonchev–Trinajstić information content (AvgIpc) is 3.19. The van der Waals surface area contributed by atoms with Crippen LogP contribution in [0.2, 0.25) is 0 Å². The van der Waals surface area contributed by atoms with Crippen molar-refractivity contribution in [2.45, 2.75) is 26.3 Å². The number of aromatic nitrogens is 3. The second kappa shape index (κ2) is 6.29. The summed E-state index contributed by atoms with van der Waals surface area (Å²) in [4.78, 5) is 30.9. The SMILES string of the molecule is CCCCn1c(-c2ccco2)nc2c(c(=O)c3ccccc3n2C)c1=O. The van der Waals surface area contributed by atoms with Crippen molar-refractivity contribution in [3.63, 3.8) is 0 Å². The van der Waals surface area contributed by atoms with E-state index in [1.54, 1.807) is 39.7 Å². The zero-order chi connectivity index (χ0) is 18.3. The highest BCUT2D eigenvalue weighted by Gasteiger charge is 2.19. The van der Waals surface area contributed by atoms with Gasteiger partial charge in [-0.25, -0.2) is 4.98 Å². The van der Waals surface area contributed by atoms with E-state index in [4.69, 9.17) is 4.42 Å². The minimum atomic E-state index is -0.318. The highest BCUT2D eigenvalue weighted by Crippen LogP contribution is 2.21. The zero-order valence-electron chi connectivity index (χ0n) is 14.7. The highest BCUT2D eigenvalue weighted by molar-refractivity contribution is 5.91. The molecule has 0 aliphatic rings. The van der Waals surface area contributed by atoms with Gasteiger partial charge in [0.05, 0.1) is 11.8 Å². The minimum absolute atomic E-state index is 0.123.